The molecule has 0 aliphatic rings. The third-order valence-electron chi connectivity index (χ3n) is 5.77. The van der Waals surface area contributed by atoms with E-state index in [1.165, 1.54) is 16.1 Å². The van der Waals surface area contributed by atoms with Crippen molar-refractivity contribution in [2.45, 2.75) is 34.2 Å². The van der Waals surface area contributed by atoms with E-state index in [-0.39, 0.29) is 12.5 Å². The number of rotatable bonds is 9. The lowest BCUT2D eigenvalue weighted by molar-refractivity contribution is 0.0947. The molecule has 1 amide bonds. The highest BCUT2D eigenvalue weighted by Gasteiger charge is 2.21. The zero-order valence-corrected chi connectivity index (χ0v) is 21.2. The number of sulfonamides is 1. The molecule has 0 saturated heterocycles. The molecule has 0 aromatic heterocycles. The summed E-state index contributed by atoms with van der Waals surface area (Å²) in [5.74, 6) is 0.575. The van der Waals surface area contributed by atoms with Gasteiger partial charge in [-0.05, 0) is 79.8 Å². The zero-order chi connectivity index (χ0) is 24.9. The van der Waals surface area contributed by atoms with Gasteiger partial charge >= 0.3 is 0 Å². The summed E-state index contributed by atoms with van der Waals surface area (Å²) in [6.45, 7) is 8.82. The molecule has 0 aliphatic heterocycles. The normalized spacial score (nSPS) is 11.2. The summed E-state index contributed by atoms with van der Waals surface area (Å²) in [4.78, 5) is 12.5. The number of nitrogens with zero attached hydrogens (tertiary/aromatic N) is 1. The predicted octanol–water partition coefficient (Wildman–Crippen LogP) is 4.70. The molecule has 1 N–H and O–H groups in total. The van der Waals surface area contributed by atoms with Crippen LogP contribution in [0.15, 0.2) is 60.7 Å². The van der Waals surface area contributed by atoms with Crippen LogP contribution in [0, 0.1) is 27.7 Å². The molecule has 3 aromatic rings. The van der Waals surface area contributed by atoms with Crippen molar-refractivity contribution in [2.24, 2.45) is 0 Å². The number of para-hydroxylation sites is 1. The van der Waals surface area contributed by atoms with E-state index in [1.54, 1.807) is 24.3 Å². The van der Waals surface area contributed by atoms with E-state index < -0.39 is 10.0 Å². The number of benzene rings is 3. The summed E-state index contributed by atoms with van der Waals surface area (Å²) >= 11 is 0. The van der Waals surface area contributed by atoms with Crippen molar-refractivity contribution < 1.29 is 17.9 Å². The fraction of sp³-hybridized carbons (Fsp3) is 0.296. The summed E-state index contributed by atoms with van der Waals surface area (Å²) in [5, 5.41) is 2.85. The van der Waals surface area contributed by atoms with Crippen LogP contribution in [-0.4, -0.2) is 33.7 Å². The molecule has 0 radical (unpaired) electrons. The second-order valence-electron chi connectivity index (χ2n) is 8.56. The number of amides is 1. The number of hydrogen-bond donors (Lipinski definition) is 1. The van der Waals surface area contributed by atoms with E-state index in [2.05, 4.69) is 5.32 Å². The number of nitrogens with one attached hydrogen (secondary N) is 1. The zero-order valence-electron chi connectivity index (χ0n) is 20.4. The van der Waals surface area contributed by atoms with E-state index >= 15 is 0 Å². The number of anilines is 1. The van der Waals surface area contributed by atoms with Gasteiger partial charge in [-0.25, -0.2) is 8.42 Å². The quantitative estimate of drug-likeness (QED) is 0.451. The molecule has 180 valence electrons. The lowest BCUT2D eigenvalue weighted by atomic mass is 10.1. The smallest absolute Gasteiger partial charge is 0.251 e. The molecule has 6 nitrogen and oxygen atoms in total. The van der Waals surface area contributed by atoms with Crippen LogP contribution in [0.2, 0.25) is 0 Å². The fourth-order valence-electron chi connectivity index (χ4n) is 3.73. The second-order valence-corrected chi connectivity index (χ2v) is 10.5. The number of carbonyl (C=O) groups is 1. The standard InChI is InChI=1S/C27H32N2O4S/c1-19-9-14-25(17-22(19)4)33-16-15-28-27(30)24-12-10-23(11-13-24)18-29(34(5,31)32)26-20(2)7-6-8-21(26)3/h6-14,17H,15-16,18H2,1-5H3,(H,28,30). The SMILES string of the molecule is Cc1ccc(OCCNC(=O)c2ccc(CN(c3c(C)cccc3C)S(C)(=O)=O)cc2)cc1C. The van der Waals surface area contributed by atoms with Crippen LogP contribution < -0.4 is 14.4 Å². The van der Waals surface area contributed by atoms with Gasteiger partial charge in [0.2, 0.25) is 10.0 Å². The number of carbonyl (C=O) groups excluding carboxylic acids is 1. The Morgan fingerprint density at radius 2 is 1.53 bits per heavy atom. The molecule has 0 heterocycles. The van der Waals surface area contributed by atoms with E-state index in [0.717, 1.165) is 28.0 Å². The Hall–Kier alpha value is -3.32. The maximum Gasteiger partial charge on any atom is 0.251 e. The summed E-state index contributed by atoms with van der Waals surface area (Å²) in [6.07, 6.45) is 1.21. The second kappa shape index (κ2) is 10.7. The third-order valence-corrected chi connectivity index (χ3v) is 6.88. The molecule has 0 atom stereocenters. The lowest BCUT2D eigenvalue weighted by Gasteiger charge is -2.26. The Morgan fingerprint density at radius 3 is 2.12 bits per heavy atom. The summed E-state index contributed by atoms with van der Waals surface area (Å²) in [6, 6.07) is 18.6. The van der Waals surface area contributed by atoms with E-state index in [0.29, 0.717) is 24.4 Å². The van der Waals surface area contributed by atoms with Crippen molar-refractivity contribution in [3.63, 3.8) is 0 Å². The van der Waals surface area contributed by atoms with Crippen molar-refractivity contribution in [3.05, 3.63) is 94.0 Å². The van der Waals surface area contributed by atoms with Gasteiger partial charge in [0.05, 0.1) is 25.0 Å². The Kier molecular flexibility index (Phi) is 7.99. The largest absolute Gasteiger partial charge is 0.492 e. The first-order valence-electron chi connectivity index (χ1n) is 11.2. The molecule has 0 spiro atoms. The van der Waals surface area contributed by atoms with Gasteiger partial charge in [0, 0.05) is 5.56 Å². The molecule has 0 aliphatic carbocycles. The van der Waals surface area contributed by atoms with Crippen molar-refractivity contribution in [1.82, 2.24) is 5.32 Å². The highest BCUT2D eigenvalue weighted by atomic mass is 32.2. The predicted molar refractivity (Wildman–Crippen MR) is 137 cm³/mol. The van der Waals surface area contributed by atoms with E-state index in [1.807, 2.05) is 64.1 Å². The van der Waals surface area contributed by atoms with Gasteiger partial charge in [-0.3, -0.25) is 9.10 Å². The minimum absolute atomic E-state index is 0.191. The van der Waals surface area contributed by atoms with Gasteiger partial charge in [-0.1, -0.05) is 36.4 Å². The Balaban J connectivity index is 1.61. The maximum absolute atomic E-state index is 12.6. The number of aryl methyl sites for hydroxylation is 4. The number of hydrogen-bond acceptors (Lipinski definition) is 4. The maximum atomic E-state index is 12.6. The van der Waals surface area contributed by atoms with Crippen molar-refractivity contribution in [1.29, 1.82) is 0 Å². The van der Waals surface area contributed by atoms with Crippen molar-refractivity contribution >= 4 is 21.6 Å². The Morgan fingerprint density at radius 1 is 0.882 bits per heavy atom. The van der Waals surface area contributed by atoms with Crippen LogP contribution in [0.3, 0.4) is 0 Å². The molecule has 3 aromatic carbocycles. The molecule has 0 saturated carbocycles. The van der Waals surface area contributed by atoms with E-state index in [4.69, 9.17) is 4.74 Å². The van der Waals surface area contributed by atoms with Gasteiger partial charge in [0.1, 0.15) is 12.4 Å². The molecule has 0 fully saturated rings. The van der Waals surface area contributed by atoms with Gasteiger partial charge in [0.25, 0.3) is 5.91 Å². The number of ether oxygens (including phenoxy) is 1. The van der Waals surface area contributed by atoms with Crippen LogP contribution in [0.1, 0.15) is 38.2 Å². The van der Waals surface area contributed by atoms with Crippen LogP contribution in [-0.2, 0) is 16.6 Å². The molecular weight excluding hydrogens is 448 g/mol. The van der Waals surface area contributed by atoms with Crippen LogP contribution in [0.25, 0.3) is 0 Å². The van der Waals surface area contributed by atoms with Gasteiger partial charge in [-0.2, -0.15) is 0 Å². The van der Waals surface area contributed by atoms with Crippen molar-refractivity contribution in [3.8, 4) is 5.75 Å². The van der Waals surface area contributed by atoms with Crippen LogP contribution in [0.5, 0.6) is 5.75 Å². The summed E-state index contributed by atoms with van der Waals surface area (Å²) < 4.78 is 32.2. The lowest BCUT2D eigenvalue weighted by Crippen LogP contribution is -2.31. The Labute approximate surface area is 202 Å². The van der Waals surface area contributed by atoms with E-state index in [9.17, 15) is 13.2 Å². The average Bonchev–Trinajstić information content (AvgIpc) is 2.78. The third kappa shape index (κ3) is 6.38. The molecule has 0 unspecified atom stereocenters. The summed E-state index contributed by atoms with van der Waals surface area (Å²) in [5.41, 5.74) is 6.14. The topological polar surface area (TPSA) is 75.7 Å². The van der Waals surface area contributed by atoms with Crippen molar-refractivity contribution in [2.75, 3.05) is 23.7 Å². The first-order chi connectivity index (χ1) is 16.1. The monoisotopic (exact) mass is 480 g/mol. The summed E-state index contributed by atoms with van der Waals surface area (Å²) in [7, 11) is -3.49. The molecule has 34 heavy (non-hydrogen) atoms. The Bertz CT molecular complexity index is 1250. The first kappa shape index (κ1) is 25.3. The molecule has 0 bridgehead atoms. The highest BCUT2D eigenvalue weighted by molar-refractivity contribution is 7.92. The first-order valence-corrected chi connectivity index (χ1v) is 13.0. The van der Waals surface area contributed by atoms with Gasteiger partial charge in [0.15, 0.2) is 0 Å². The van der Waals surface area contributed by atoms with Crippen LogP contribution >= 0.6 is 0 Å². The molecular formula is C27H32N2O4S. The highest BCUT2D eigenvalue weighted by Crippen LogP contribution is 2.28. The van der Waals surface area contributed by atoms with Crippen LogP contribution in [0.4, 0.5) is 5.69 Å². The van der Waals surface area contributed by atoms with Gasteiger partial charge < -0.3 is 10.1 Å². The fourth-order valence-corrected chi connectivity index (χ4v) is 4.73. The average molecular weight is 481 g/mol. The minimum atomic E-state index is -3.49. The molecule has 7 heteroatoms. The minimum Gasteiger partial charge on any atom is -0.492 e. The molecule has 3 rings (SSSR count). The van der Waals surface area contributed by atoms with Gasteiger partial charge in [-0.15, -0.1) is 0 Å².